The average molecular weight is 436 g/mol. The maximum Gasteiger partial charge on any atom is 0.350 e. The van der Waals surface area contributed by atoms with Gasteiger partial charge in [0.1, 0.15) is 12.2 Å². The van der Waals surface area contributed by atoms with E-state index in [1.807, 2.05) is 12.1 Å². The van der Waals surface area contributed by atoms with E-state index in [-0.39, 0.29) is 19.1 Å². The van der Waals surface area contributed by atoms with Crippen molar-refractivity contribution in [1.82, 2.24) is 14.8 Å². The molecule has 0 unspecified atom stereocenters. The number of ether oxygens (including phenoxy) is 3. The number of hydrogen-bond acceptors (Lipinski definition) is 7. The monoisotopic (exact) mass is 435 g/mol. The topological polar surface area (TPSA) is 92.5 Å². The third-order valence-corrected chi connectivity index (χ3v) is 5.54. The fourth-order valence-electron chi connectivity index (χ4n) is 3.58. The van der Waals surface area contributed by atoms with E-state index in [2.05, 4.69) is 10.1 Å². The second kappa shape index (κ2) is 9.57. The molecule has 2 aromatic rings. The number of benzene rings is 1. The Labute approximate surface area is 180 Å². The summed E-state index contributed by atoms with van der Waals surface area (Å²) in [6.45, 7) is 1.95. The molecule has 0 saturated heterocycles. The molecule has 1 fully saturated rings. The van der Waals surface area contributed by atoms with E-state index >= 15 is 0 Å². The van der Waals surface area contributed by atoms with Crippen molar-refractivity contribution in [2.45, 2.75) is 50.7 Å². The van der Waals surface area contributed by atoms with E-state index in [1.54, 1.807) is 33.2 Å². The summed E-state index contributed by atoms with van der Waals surface area (Å²) in [7, 11) is 3.35. The number of aryl methyl sites for hydroxylation is 1. The molecule has 1 aromatic heterocycles. The molecule has 1 aliphatic rings. The summed E-state index contributed by atoms with van der Waals surface area (Å²) >= 11 is 5.92. The molecule has 0 atom stereocenters. The van der Waals surface area contributed by atoms with E-state index in [9.17, 15) is 9.59 Å². The van der Waals surface area contributed by atoms with Crippen LogP contribution in [0, 0.1) is 0 Å². The van der Waals surface area contributed by atoms with Crippen molar-refractivity contribution in [2.75, 3.05) is 13.7 Å². The first-order chi connectivity index (χ1) is 14.4. The van der Waals surface area contributed by atoms with Crippen LogP contribution < -0.4 is 0 Å². The van der Waals surface area contributed by atoms with Gasteiger partial charge in [0.2, 0.25) is 5.60 Å². The predicted molar refractivity (Wildman–Crippen MR) is 110 cm³/mol. The molecule has 162 valence electrons. The number of methoxy groups -OCH3 is 1. The molecular formula is C21H26ClN3O5. The standard InChI is InChI=1S/C21H26ClN3O5/c1-4-29-20(27)21(11-9-16(28-3)10-12-21)30-18(26)13-17-23-19(24-25(17)2)14-5-7-15(22)8-6-14/h5-8,16H,4,9-13H2,1-3H3. The highest BCUT2D eigenvalue weighted by Crippen LogP contribution is 2.34. The SMILES string of the molecule is CCOC(=O)C1(OC(=O)Cc2nc(-c3ccc(Cl)cc3)nn2C)CCC(OC)CC1. The van der Waals surface area contributed by atoms with Crippen LogP contribution in [0.2, 0.25) is 5.02 Å². The van der Waals surface area contributed by atoms with Gasteiger partial charge in [-0.25, -0.2) is 9.78 Å². The van der Waals surface area contributed by atoms with E-state index in [4.69, 9.17) is 25.8 Å². The first-order valence-corrected chi connectivity index (χ1v) is 10.3. The summed E-state index contributed by atoms with van der Waals surface area (Å²) in [5, 5.41) is 4.98. The van der Waals surface area contributed by atoms with Gasteiger partial charge in [0.05, 0.1) is 12.7 Å². The minimum Gasteiger partial charge on any atom is -0.463 e. The van der Waals surface area contributed by atoms with Crippen molar-refractivity contribution in [2.24, 2.45) is 7.05 Å². The number of carbonyl (C=O) groups excluding carboxylic acids is 2. The van der Waals surface area contributed by atoms with Crippen LogP contribution in [0.25, 0.3) is 11.4 Å². The van der Waals surface area contributed by atoms with Crippen LogP contribution in [0.3, 0.4) is 0 Å². The van der Waals surface area contributed by atoms with Gasteiger partial charge in [-0.2, -0.15) is 5.10 Å². The van der Waals surface area contributed by atoms with Crippen LogP contribution in [0.5, 0.6) is 0 Å². The Balaban J connectivity index is 1.72. The van der Waals surface area contributed by atoms with Crippen molar-refractivity contribution in [3.8, 4) is 11.4 Å². The van der Waals surface area contributed by atoms with Crippen LogP contribution in [0.4, 0.5) is 0 Å². The molecular weight excluding hydrogens is 410 g/mol. The summed E-state index contributed by atoms with van der Waals surface area (Å²) in [4.78, 5) is 29.8. The number of rotatable bonds is 7. The van der Waals surface area contributed by atoms with Crippen molar-refractivity contribution >= 4 is 23.5 Å². The second-order valence-electron chi connectivity index (χ2n) is 7.28. The molecule has 1 aliphatic carbocycles. The Morgan fingerprint density at radius 3 is 2.50 bits per heavy atom. The Morgan fingerprint density at radius 1 is 1.23 bits per heavy atom. The van der Waals surface area contributed by atoms with Gasteiger partial charge < -0.3 is 14.2 Å². The zero-order chi connectivity index (χ0) is 21.7. The maximum absolute atomic E-state index is 12.7. The van der Waals surface area contributed by atoms with Crippen molar-refractivity contribution in [3.63, 3.8) is 0 Å². The highest BCUT2D eigenvalue weighted by atomic mass is 35.5. The summed E-state index contributed by atoms with van der Waals surface area (Å²) in [5.41, 5.74) is -0.491. The first-order valence-electron chi connectivity index (χ1n) is 9.94. The molecule has 1 heterocycles. The van der Waals surface area contributed by atoms with Crippen molar-refractivity contribution in [3.05, 3.63) is 35.1 Å². The molecule has 0 bridgehead atoms. The fraction of sp³-hybridized carbons (Fsp3) is 0.524. The third-order valence-electron chi connectivity index (χ3n) is 5.29. The summed E-state index contributed by atoms with van der Waals surface area (Å²) in [6.07, 6.45) is 1.91. The minimum absolute atomic E-state index is 0.0481. The van der Waals surface area contributed by atoms with Crippen LogP contribution in [-0.2, 0) is 37.3 Å². The highest BCUT2D eigenvalue weighted by Gasteiger charge is 2.47. The van der Waals surface area contributed by atoms with Gasteiger partial charge in [-0.15, -0.1) is 0 Å². The lowest BCUT2D eigenvalue weighted by Gasteiger charge is -2.36. The Bertz CT molecular complexity index is 889. The fourth-order valence-corrected chi connectivity index (χ4v) is 3.70. The quantitative estimate of drug-likeness (QED) is 0.617. The van der Waals surface area contributed by atoms with Gasteiger partial charge in [0.25, 0.3) is 0 Å². The highest BCUT2D eigenvalue weighted by molar-refractivity contribution is 6.30. The van der Waals surface area contributed by atoms with E-state index in [0.29, 0.717) is 42.4 Å². The van der Waals surface area contributed by atoms with Crippen LogP contribution in [0.15, 0.2) is 24.3 Å². The van der Waals surface area contributed by atoms with Gasteiger partial charge in [-0.1, -0.05) is 11.6 Å². The molecule has 0 spiro atoms. The lowest BCUT2D eigenvalue weighted by atomic mass is 9.83. The lowest BCUT2D eigenvalue weighted by Crippen LogP contribution is -2.48. The van der Waals surface area contributed by atoms with Gasteiger partial charge in [0.15, 0.2) is 5.82 Å². The second-order valence-corrected chi connectivity index (χ2v) is 7.72. The van der Waals surface area contributed by atoms with E-state index in [0.717, 1.165) is 5.56 Å². The molecule has 1 aromatic carbocycles. The average Bonchev–Trinajstić information content (AvgIpc) is 3.09. The molecule has 0 amide bonds. The van der Waals surface area contributed by atoms with E-state index in [1.165, 1.54) is 4.68 Å². The predicted octanol–water partition coefficient (Wildman–Crippen LogP) is 3.11. The maximum atomic E-state index is 12.7. The number of esters is 2. The number of aromatic nitrogens is 3. The van der Waals surface area contributed by atoms with Gasteiger partial charge >= 0.3 is 11.9 Å². The third kappa shape index (κ3) is 4.99. The molecule has 3 rings (SSSR count). The van der Waals surface area contributed by atoms with Crippen molar-refractivity contribution in [1.29, 1.82) is 0 Å². The van der Waals surface area contributed by atoms with E-state index < -0.39 is 17.5 Å². The summed E-state index contributed by atoms with van der Waals surface area (Å²) < 4.78 is 17.8. The molecule has 0 aliphatic heterocycles. The molecule has 0 N–H and O–H groups in total. The van der Waals surface area contributed by atoms with Crippen LogP contribution in [0.1, 0.15) is 38.4 Å². The summed E-state index contributed by atoms with van der Waals surface area (Å²) in [5.74, 6) is -0.128. The largest absolute Gasteiger partial charge is 0.463 e. The number of carbonyl (C=O) groups is 2. The lowest BCUT2D eigenvalue weighted by molar-refractivity contribution is -0.189. The minimum atomic E-state index is -1.28. The normalized spacial score (nSPS) is 21.3. The molecule has 0 radical (unpaired) electrons. The smallest absolute Gasteiger partial charge is 0.350 e. The van der Waals surface area contributed by atoms with Gasteiger partial charge in [0, 0.05) is 37.6 Å². The summed E-state index contributed by atoms with van der Waals surface area (Å²) in [6, 6.07) is 7.12. The molecule has 9 heteroatoms. The molecule has 1 saturated carbocycles. The van der Waals surface area contributed by atoms with Gasteiger partial charge in [-0.3, -0.25) is 9.48 Å². The Hall–Kier alpha value is -2.45. The first kappa shape index (κ1) is 22.2. The zero-order valence-corrected chi connectivity index (χ0v) is 18.1. The number of hydrogen-bond donors (Lipinski definition) is 0. The molecule has 8 nitrogen and oxygen atoms in total. The zero-order valence-electron chi connectivity index (χ0n) is 17.4. The van der Waals surface area contributed by atoms with Gasteiger partial charge in [-0.05, 0) is 44.0 Å². The van der Waals surface area contributed by atoms with Crippen LogP contribution in [-0.4, -0.2) is 52.1 Å². The molecule has 30 heavy (non-hydrogen) atoms. The number of halogens is 1. The Morgan fingerprint density at radius 2 is 1.90 bits per heavy atom. The van der Waals surface area contributed by atoms with Crippen LogP contribution >= 0.6 is 11.6 Å². The number of nitrogens with zero attached hydrogens (tertiary/aromatic N) is 3. The Kier molecular flexibility index (Phi) is 7.10. The van der Waals surface area contributed by atoms with Crippen molar-refractivity contribution < 1.29 is 23.8 Å².